The molecule has 1 amide bonds. The normalized spacial score (nSPS) is 17.4. The first kappa shape index (κ1) is 26.2. The molecule has 0 aliphatic carbocycles. The van der Waals surface area contributed by atoms with Crippen molar-refractivity contribution >= 4 is 34.8 Å². The lowest BCUT2D eigenvalue weighted by molar-refractivity contribution is 0.0719. The van der Waals surface area contributed by atoms with E-state index in [1.807, 2.05) is 6.07 Å². The molecule has 1 saturated heterocycles. The second-order valence-corrected chi connectivity index (χ2v) is 10.5. The number of carbonyl (C=O) groups excluding carboxylic acids is 1. The third kappa shape index (κ3) is 5.05. The Balaban J connectivity index is 1.44. The number of nitrogens with zero attached hydrogens (tertiary/aromatic N) is 5. The van der Waals surface area contributed by atoms with Gasteiger partial charge in [0.25, 0.3) is 5.91 Å². The van der Waals surface area contributed by atoms with Gasteiger partial charge in [0.1, 0.15) is 17.9 Å². The zero-order valence-electron chi connectivity index (χ0n) is 21.8. The van der Waals surface area contributed by atoms with Crippen molar-refractivity contribution in [3.8, 4) is 29.1 Å². The lowest BCUT2D eigenvalue weighted by Gasteiger charge is -2.31. The summed E-state index contributed by atoms with van der Waals surface area (Å²) in [6.45, 7) is 6.30. The van der Waals surface area contributed by atoms with Crippen molar-refractivity contribution in [1.82, 2.24) is 20.2 Å². The number of fused-ring (bicyclic) bond motifs is 1. The summed E-state index contributed by atoms with van der Waals surface area (Å²) in [4.78, 5) is 23.8. The van der Waals surface area contributed by atoms with Gasteiger partial charge in [-0.1, -0.05) is 25.4 Å². The largest absolute Gasteiger partial charge is 0.495 e. The number of rotatable bonds is 5. The molecule has 1 aromatic heterocycles. The fraction of sp³-hybridized carbons (Fsp3) is 0.321. The third-order valence-electron chi connectivity index (χ3n) is 7.03. The predicted molar refractivity (Wildman–Crippen MR) is 148 cm³/mol. The van der Waals surface area contributed by atoms with E-state index in [4.69, 9.17) is 16.3 Å². The highest BCUT2D eigenvalue weighted by molar-refractivity contribution is 6.34. The molecule has 2 aliphatic heterocycles. The highest BCUT2D eigenvalue weighted by atomic mass is 35.5. The summed E-state index contributed by atoms with van der Waals surface area (Å²) in [5.41, 5.74) is 4.63. The van der Waals surface area contributed by atoms with E-state index < -0.39 is 6.04 Å². The van der Waals surface area contributed by atoms with Crippen LogP contribution in [0.1, 0.15) is 35.3 Å². The zero-order valence-corrected chi connectivity index (χ0v) is 22.6. The van der Waals surface area contributed by atoms with Crippen LogP contribution in [0.5, 0.6) is 5.75 Å². The highest BCUT2D eigenvalue weighted by Crippen LogP contribution is 2.41. The molecule has 2 aliphatic rings. The number of nitrogens with one attached hydrogen (secondary N) is 3. The second-order valence-electron chi connectivity index (χ2n) is 10.1. The molecule has 2 aromatic carbocycles. The van der Waals surface area contributed by atoms with Crippen LogP contribution in [-0.4, -0.2) is 60.1 Å². The van der Waals surface area contributed by atoms with Crippen LogP contribution in [0.4, 0.5) is 17.3 Å². The van der Waals surface area contributed by atoms with Gasteiger partial charge in [-0.05, 0) is 35.9 Å². The maximum atomic E-state index is 13.2. The summed E-state index contributed by atoms with van der Waals surface area (Å²) in [7, 11) is 1.50. The minimum absolute atomic E-state index is 0.116. The number of hydrogen-bond donors (Lipinski definition) is 3. The molecule has 1 fully saturated rings. The van der Waals surface area contributed by atoms with E-state index in [1.165, 1.54) is 7.11 Å². The van der Waals surface area contributed by atoms with Crippen molar-refractivity contribution < 1.29 is 9.53 Å². The molecule has 1 unspecified atom stereocenters. The molecule has 198 valence electrons. The van der Waals surface area contributed by atoms with Crippen molar-refractivity contribution in [2.75, 3.05) is 43.9 Å². The second kappa shape index (κ2) is 10.4. The molecule has 11 heteroatoms. The fourth-order valence-electron chi connectivity index (χ4n) is 4.88. The van der Waals surface area contributed by atoms with Gasteiger partial charge in [0.05, 0.1) is 46.4 Å². The van der Waals surface area contributed by atoms with E-state index in [-0.39, 0.29) is 28.5 Å². The minimum atomic E-state index is -0.425. The van der Waals surface area contributed by atoms with E-state index in [0.717, 1.165) is 23.4 Å². The number of amides is 1. The first-order chi connectivity index (χ1) is 18.7. The number of methoxy groups -OCH3 is 1. The van der Waals surface area contributed by atoms with Gasteiger partial charge >= 0.3 is 0 Å². The van der Waals surface area contributed by atoms with Crippen LogP contribution in [-0.2, 0) is 5.41 Å². The number of ether oxygens (including phenoxy) is 1. The van der Waals surface area contributed by atoms with Gasteiger partial charge in [0.2, 0.25) is 5.95 Å². The molecule has 39 heavy (non-hydrogen) atoms. The fourth-order valence-corrected chi connectivity index (χ4v) is 5.13. The Kier molecular flexibility index (Phi) is 7.00. The molecule has 10 nitrogen and oxygen atoms in total. The quantitative estimate of drug-likeness (QED) is 0.435. The van der Waals surface area contributed by atoms with Crippen molar-refractivity contribution in [1.29, 1.82) is 10.5 Å². The third-order valence-corrected chi connectivity index (χ3v) is 7.34. The minimum Gasteiger partial charge on any atom is -0.495 e. The van der Waals surface area contributed by atoms with E-state index in [2.05, 4.69) is 58.0 Å². The van der Waals surface area contributed by atoms with Gasteiger partial charge in [-0.15, -0.1) is 0 Å². The monoisotopic (exact) mass is 542 g/mol. The molecule has 3 N–H and O–H groups in total. The Morgan fingerprint density at radius 3 is 2.85 bits per heavy atom. The molecule has 0 bridgehead atoms. The predicted octanol–water partition coefficient (Wildman–Crippen LogP) is 4.06. The Hall–Kier alpha value is -4.38. The summed E-state index contributed by atoms with van der Waals surface area (Å²) in [6.07, 6.45) is 1.63. The number of nitriles is 2. The van der Waals surface area contributed by atoms with Gasteiger partial charge in [0, 0.05) is 43.4 Å². The molecule has 1 atom stereocenters. The van der Waals surface area contributed by atoms with Crippen LogP contribution in [0.15, 0.2) is 36.5 Å². The lowest BCUT2D eigenvalue weighted by Crippen LogP contribution is -2.52. The van der Waals surface area contributed by atoms with E-state index in [9.17, 15) is 15.3 Å². The van der Waals surface area contributed by atoms with E-state index >= 15 is 0 Å². The first-order valence-corrected chi connectivity index (χ1v) is 12.8. The van der Waals surface area contributed by atoms with Gasteiger partial charge in [0.15, 0.2) is 0 Å². The number of anilines is 3. The SMILES string of the molecule is COc1cc(C(=O)N2CCNC(C#N)C2)c(Cl)cc1Nc1nccc(-c2cc(C#N)c3c(c2)C(C)(C)CN3)n1. The average molecular weight is 543 g/mol. The molecule has 3 heterocycles. The summed E-state index contributed by atoms with van der Waals surface area (Å²) >= 11 is 6.55. The summed E-state index contributed by atoms with van der Waals surface area (Å²) in [5, 5.41) is 28.8. The maximum absolute atomic E-state index is 13.2. The first-order valence-electron chi connectivity index (χ1n) is 12.5. The summed E-state index contributed by atoms with van der Waals surface area (Å²) in [6, 6.07) is 12.9. The van der Waals surface area contributed by atoms with Crippen LogP contribution in [0.3, 0.4) is 0 Å². The number of hydrogen-bond acceptors (Lipinski definition) is 9. The molecule has 0 spiro atoms. The molecule has 3 aromatic rings. The van der Waals surface area contributed by atoms with Crippen molar-refractivity contribution in [2.24, 2.45) is 0 Å². The van der Waals surface area contributed by atoms with Gasteiger partial charge in [-0.25, -0.2) is 9.97 Å². The number of halogens is 1. The van der Waals surface area contributed by atoms with Crippen LogP contribution in [0, 0.1) is 22.7 Å². The van der Waals surface area contributed by atoms with Crippen LogP contribution < -0.4 is 20.7 Å². The molecular formula is C28H27ClN8O2. The van der Waals surface area contributed by atoms with Crippen LogP contribution in [0.25, 0.3) is 11.3 Å². The summed E-state index contributed by atoms with van der Waals surface area (Å²) in [5.74, 6) is 0.421. The number of carbonyl (C=O) groups is 1. The topological polar surface area (TPSA) is 139 Å². The van der Waals surface area contributed by atoms with Gasteiger partial charge in [-0.2, -0.15) is 10.5 Å². The molecular weight excluding hydrogens is 516 g/mol. The number of piperazine rings is 1. The maximum Gasteiger partial charge on any atom is 0.255 e. The molecule has 0 saturated carbocycles. The molecule has 0 radical (unpaired) electrons. The lowest BCUT2D eigenvalue weighted by atomic mass is 9.85. The van der Waals surface area contributed by atoms with Gasteiger partial charge < -0.3 is 20.3 Å². The number of aromatic nitrogens is 2. The van der Waals surface area contributed by atoms with Crippen LogP contribution in [0.2, 0.25) is 5.02 Å². The van der Waals surface area contributed by atoms with Crippen molar-refractivity contribution in [2.45, 2.75) is 25.3 Å². The summed E-state index contributed by atoms with van der Waals surface area (Å²) < 4.78 is 5.56. The average Bonchev–Trinajstić information content (AvgIpc) is 3.26. The molecule has 5 rings (SSSR count). The highest BCUT2D eigenvalue weighted by Gasteiger charge is 2.32. The standard InChI is InChI=1S/C28H27ClN8O2/c1-28(2)15-34-25-17(12-30)8-16(9-20(25)28)22-4-5-33-27(35-22)36-23-11-21(29)19(10-24(23)39-3)26(38)37-7-6-32-18(13-31)14-37/h4-5,8-11,18,32,34H,6-7,14-15H2,1-3H3,(H,33,35,36). The van der Waals surface area contributed by atoms with Crippen molar-refractivity contribution in [3.05, 3.63) is 58.2 Å². The van der Waals surface area contributed by atoms with Crippen molar-refractivity contribution in [3.63, 3.8) is 0 Å². The Morgan fingerprint density at radius 1 is 1.28 bits per heavy atom. The number of benzene rings is 2. The Bertz CT molecular complexity index is 1540. The van der Waals surface area contributed by atoms with Crippen LogP contribution >= 0.6 is 11.6 Å². The zero-order chi connectivity index (χ0) is 27.7. The Labute approximate surface area is 231 Å². The van der Waals surface area contributed by atoms with E-state index in [0.29, 0.717) is 41.7 Å². The Morgan fingerprint density at radius 2 is 2.10 bits per heavy atom. The van der Waals surface area contributed by atoms with Gasteiger partial charge in [-0.3, -0.25) is 10.1 Å². The smallest absolute Gasteiger partial charge is 0.255 e. The van der Waals surface area contributed by atoms with E-state index in [1.54, 1.807) is 29.3 Å².